The molecular formula is C24H25ClFN5O3. The van der Waals surface area contributed by atoms with Crippen LogP contribution in [0.2, 0.25) is 5.02 Å². The van der Waals surface area contributed by atoms with Gasteiger partial charge in [0, 0.05) is 23.1 Å². The summed E-state index contributed by atoms with van der Waals surface area (Å²) >= 11 is 6.35. The van der Waals surface area contributed by atoms with Crippen LogP contribution in [-0.2, 0) is 10.2 Å². The van der Waals surface area contributed by atoms with Gasteiger partial charge in [-0.05, 0) is 43.0 Å². The predicted octanol–water partition coefficient (Wildman–Crippen LogP) is 5.06. The van der Waals surface area contributed by atoms with Gasteiger partial charge in [0.1, 0.15) is 11.6 Å². The van der Waals surface area contributed by atoms with E-state index in [1.165, 1.54) is 6.20 Å². The zero-order valence-electron chi connectivity index (χ0n) is 19.3. The fourth-order valence-corrected chi connectivity index (χ4v) is 3.65. The molecular weight excluding hydrogens is 461 g/mol. The molecule has 1 fully saturated rings. The van der Waals surface area contributed by atoms with Crippen LogP contribution in [0.1, 0.15) is 68.7 Å². The number of anilines is 1. The summed E-state index contributed by atoms with van der Waals surface area (Å²) in [5.74, 6) is -0.700. The van der Waals surface area contributed by atoms with Gasteiger partial charge in [-0.15, -0.1) is 0 Å². The summed E-state index contributed by atoms with van der Waals surface area (Å²) in [5.41, 5.74) is 0.791. The van der Waals surface area contributed by atoms with E-state index in [4.69, 9.17) is 16.1 Å². The highest BCUT2D eigenvalue weighted by atomic mass is 35.5. The predicted molar refractivity (Wildman–Crippen MR) is 125 cm³/mol. The van der Waals surface area contributed by atoms with Crippen molar-refractivity contribution in [3.8, 4) is 11.1 Å². The SMILES string of the molecule is C[C@H](NC(=O)c1nc(C(C)(C)C)no1)c1ccc(-c2ccnc(NC(=O)C3CC3)c2)c(F)c1Cl. The van der Waals surface area contributed by atoms with Gasteiger partial charge in [-0.2, -0.15) is 4.98 Å². The fourth-order valence-electron chi connectivity index (χ4n) is 3.32. The Labute approximate surface area is 201 Å². The minimum absolute atomic E-state index is 0.0276. The van der Waals surface area contributed by atoms with Crippen molar-refractivity contribution in [1.29, 1.82) is 0 Å². The van der Waals surface area contributed by atoms with Gasteiger partial charge < -0.3 is 15.2 Å². The second kappa shape index (κ2) is 9.13. The number of rotatable bonds is 6. The minimum atomic E-state index is -0.640. The Balaban J connectivity index is 1.51. The third-order valence-corrected chi connectivity index (χ3v) is 5.87. The van der Waals surface area contributed by atoms with Gasteiger partial charge in [0.15, 0.2) is 5.82 Å². The van der Waals surface area contributed by atoms with Gasteiger partial charge in [-0.1, -0.05) is 49.7 Å². The number of hydrogen-bond donors (Lipinski definition) is 2. The highest BCUT2D eigenvalue weighted by molar-refractivity contribution is 6.32. The fraction of sp³-hybridized carbons (Fsp3) is 0.375. The van der Waals surface area contributed by atoms with Crippen LogP contribution in [0.4, 0.5) is 10.2 Å². The molecule has 1 aliphatic carbocycles. The van der Waals surface area contributed by atoms with E-state index in [-0.39, 0.29) is 33.7 Å². The molecule has 2 heterocycles. The third kappa shape index (κ3) is 5.09. The maximum absolute atomic E-state index is 15.2. The zero-order valence-corrected chi connectivity index (χ0v) is 20.0. The average Bonchev–Trinajstić information content (AvgIpc) is 3.50. The van der Waals surface area contributed by atoms with Crippen LogP contribution in [0, 0.1) is 11.7 Å². The lowest BCUT2D eigenvalue weighted by atomic mass is 9.96. The maximum atomic E-state index is 15.2. The van der Waals surface area contributed by atoms with Crippen LogP contribution in [-0.4, -0.2) is 26.9 Å². The van der Waals surface area contributed by atoms with Crippen molar-refractivity contribution in [2.75, 3.05) is 5.32 Å². The van der Waals surface area contributed by atoms with E-state index in [0.29, 0.717) is 22.8 Å². The van der Waals surface area contributed by atoms with Crippen molar-refractivity contribution in [2.45, 2.75) is 52.0 Å². The summed E-state index contributed by atoms with van der Waals surface area (Å²) in [4.78, 5) is 32.8. The topological polar surface area (TPSA) is 110 Å². The van der Waals surface area contributed by atoms with Crippen LogP contribution >= 0.6 is 11.6 Å². The number of nitrogens with zero attached hydrogens (tertiary/aromatic N) is 3. The van der Waals surface area contributed by atoms with Crippen molar-refractivity contribution in [2.24, 2.45) is 5.92 Å². The molecule has 1 atom stereocenters. The number of nitrogens with one attached hydrogen (secondary N) is 2. The van der Waals surface area contributed by atoms with Crippen LogP contribution < -0.4 is 10.6 Å². The van der Waals surface area contributed by atoms with E-state index in [1.54, 1.807) is 31.2 Å². The summed E-state index contributed by atoms with van der Waals surface area (Å²) in [5, 5.41) is 9.18. The second-order valence-electron chi connectivity index (χ2n) is 9.39. The number of benzene rings is 1. The molecule has 0 aliphatic heterocycles. The molecule has 2 N–H and O–H groups in total. The van der Waals surface area contributed by atoms with Gasteiger partial charge in [0.2, 0.25) is 5.91 Å². The normalized spacial score (nSPS) is 14.5. The quantitative estimate of drug-likeness (QED) is 0.505. The molecule has 10 heteroatoms. The Kier molecular flexibility index (Phi) is 6.40. The molecule has 0 spiro atoms. The minimum Gasteiger partial charge on any atom is -0.341 e. The standard InChI is InChI=1S/C24H25ClFN5O3/c1-12(28-21(33)22-30-23(31-34-22)24(2,3)4)15-7-8-16(19(26)18(15)25)14-9-10-27-17(11-14)29-20(32)13-5-6-13/h7-13H,5-6H2,1-4H3,(H,28,33)(H,27,29,32)/t12-/m0/s1. The first kappa shape index (κ1) is 23.8. The molecule has 3 aromatic rings. The molecule has 34 heavy (non-hydrogen) atoms. The molecule has 1 aromatic carbocycles. The Morgan fingerprint density at radius 2 is 1.97 bits per heavy atom. The van der Waals surface area contributed by atoms with Crippen molar-refractivity contribution in [3.63, 3.8) is 0 Å². The largest absolute Gasteiger partial charge is 0.341 e. The number of pyridine rings is 1. The summed E-state index contributed by atoms with van der Waals surface area (Å²) < 4.78 is 20.3. The maximum Gasteiger partial charge on any atom is 0.315 e. The molecule has 8 nitrogen and oxygen atoms in total. The molecule has 178 valence electrons. The van der Waals surface area contributed by atoms with Crippen LogP contribution in [0.15, 0.2) is 35.0 Å². The molecule has 1 saturated carbocycles. The Hall–Kier alpha value is -3.33. The molecule has 0 unspecified atom stereocenters. The highest BCUT2D eigenvalue weighted by Crippen LogP contribution is 2.34. The van der Waals surface area contributed by atoms with Crippen molar-refractivity contribution >= 4 is 29.2 Å². The first-order valence-electron chi connectivity index (χ1n) is 10.9. The Morgan fingerprint density at radius 1 is 1.24 bits per heavy atom. The number of aromatic nitrogens is 3. The van der Waals surface area contributed by atoms with Crippen molar-refractivity contribution in [1.82, 2.24) is 20.4 Å². The summed E-state index contributed by atoms with van der Waals surface area (Å²) in [6, 6.07) is 5.82. The third-order valence-electron chi connectivity index (χ3n) is 5.49. The van der Waals surface area contributed by atoms with E-state index in [1.807, 2.05) is 20.8 Å². The number of carbonyl (C=O) groups excluding carboxylic acids is 2. The van der Waals surface area contributed by atoms with E-state index < -0.39 is 17.8 Å². The van der Waals surface area contributed by atoms with Gasteiger partial charge in [0.25, 0.3) is 0 Å². The highest BCUT2D eigenvalue weighted by Gasteiger charge is 2.30. The van der Waals surface area contributed by atoms with E-state index in [9.17, 15) is 9.59 Å². The lowest BCUT2D eigenvalue weighted by Crippen LogP contribution is -2.27. The molecule has 1 aliphatic rings. The molecule has 2 amide bonds. The van der Waals surface area contributed by atoms with Gasteiger partial charge in [-0.25, -0.2) is 9.37 Å². The molecule has 0 bridgehead atoms. The summed E-state index contributed by atoms with van der Waals surface area (Å²) in [6.45, 7) is 7.38. The Morgan fingerprint density at radius 3 is 2.62 bits per heavy atom. The number of carbonyl (C=O) groups is 2. The van der Waals surface area contributed by atoms with E-state index in [2.05, 4.69) is 25.8 Å². The van der Waals surface area contributed by atoms with Crippen LogP contribution in [0.25, 0.3) is 11.1 Å². The average molecular weight is 486 g/mol. The molecule has 0 radical (unpaired) electrons. The van der Waals surface area contributed by atoms with Crippen LogP contribution in [0.5, 0.6) is 0 Å². The number of halogens is 2. The van der Waals surface area contributed by atoms with Gasteiger partial charge >= 0.3 is 11.8 Å². The van der Waals surface area contributed by atoms with Gasteiger partial charge in [-0.3, -0.25) is 9.59 Å². The molecule has 4 rings (SSSR count). The summed E-state index contributed by atoms with van der Waals surface area (Å²) in [7, 11) is 0. The van der Waals surface area contributed by atoms with Crippen LogP contribution in [0.3, 0.4) is 0 Å². The molecule has 0 saturated heterocycles. The van der Waals surface area contributed by atoms with E-state index >= 15 is 4.39 Å². The monoisotopic (exact) mass is 485 g/mol. The number of hydrogen-bond acceptors (Lipinski definition) is 6. The lowest BCUT2D eigenvalue weighted by molar-refractivity contribution is -0.117. The Bertz CT molecular complexity index is 1250. The van der Waals surface area contributed by atoms with Crippen molar-refractivity contribution in [3.05, 3.63) is 58.6 Å². The zero-order chi connectivity index (χ0) is 24.6. The smallest absolute Gasteiger partial charge is 0.315 e. The first-order valence-corrected chi connectivity index (χ1v) is 11.3. The summed E-state index contributed by atoms with van der Waals surface area (Å²) in [6.07, 6.45) is 3.24. The first-order chi connectivity index (χ1) is 16.0. The van der Waals surface area contributed by atoms with E-state index in [0.717, 1.165) is 12.8 Å². The number of amides is 2. The van der Waals surface area contributed by atoms with Gasteiger partial charge in [0.05, 0.1) is 11.1 Å². The second-order valence-corrected chi connectivity index (χ2v) is 9.77. The molecule has 2 aromatic heterocycles. The van der Waals surface area contributed by atoms with Crippen molar-refractivity contribution < 1.29 is 18.5 Å². The lowest BCUT2D eigenvalue weighted by Gasteiger charge is -2.17.